The molecule has 0 N–H and O–H groups in total. The molecule has 1 aromatic rings. The van der Waals surface area contributed by atoms with Gasteiger partial charge in [-0.15, -0.1) is 0 Å². The van der Waals surface area contributed by atoms with Gasteiger partial charge in [-0.2, -0.15) is 0 Å². The first kappa shape index (κ1) is 12.5. The van der Waals surface area contributed by atoms with Gasteiger partial charge in [-0.05, 0) is 31.4 Å². The minimum atomic E-state index is 0.418. The summed E-state index contributed by atoms with van der Waals surface area (Å²) < 4.78 is 0. The minimum absolute atomic E-state index is 0.418. The van der Waals surface area contributed by atoms with Crippen LogP contribution in [0.2, 0.25) is 0 Å². The number of anilines is 2. The molecular formula is C16H22N2O. The second kappa shape index (κ2) is 4.87. The Balaban J connectivity index is 1.99. The third-order valence-corrected chi connectivity index (χ3v) is 4.43. The summed E-state index contributed by atoms with van der Waals surface area (Å²) in [5.41, 5.74) is 2.56. The number of para-hydroxylation sites is 2. The van der Waals surface area contributed by atoms with Crippen molar-refractivity contribution in [3.8, 4) is 0 Å². The van der Waals surface area contributed by atoms with Crippen LogP contribution in [-0.2, 0) is 4.79 Å². The summed E-state index contributed by atoms with van der Waals surface area (Å²) in [5, 5.41) is 0. The van der Waals surface area contributed by atoms with Gasteiger partial charge < -0.3 is 9.80 Å². The number of piperidine rings is 2. The van der Waals surface area contributed by atoms with E-state index >= 15 is 0 Å². The van der Waals surface area contributed by atoms with Gasteiger partial charge in [0.05, 0.1) is 11.4 Å². The van der Waals surface area contributed by atoms with Gasteiger partial charge in [0.15, 0.2) is 0 Å². The number of benzene rings is 1. The quantitative estimate of drug-likeness (QED) is 0.815. The Morgan fingerprint density at radius 1 is 1.11 bits per heavy atom. The van der Waals surface area contributed by atoms with Crippen LogP contribution in [0, 0.1) is 0 Å². The Morgan fingerprint density at radius 3 is 2.37 bits per heavy atom. The fourth-order valence-electron chi connectivity index (χ4n) is 3.63. The average Bonchev–Trinajstić information content (AvgIpc) is 2.37. The zero-order valence-corrected chi connectivity index (χ0v) is 11.8. The van der Waals surface area contributed by atoms with E-state index in [0.29, 0.717) is 17.9 Å². The third kappa shape index (κ3) is 2.22. The van der Waals surface area contributed by atoms with Crippen LogP contribution in [0.25, 0.3) is 0 Å². The van der Waals surface area contributed by atoms with Crippen LogP contribution in [0.1, 0.15) is 32.1 Å². The van der Waals surface area contributed by atoms with E-state index in [4.69, 9.17) is 0 Å². The second-order valence-corrected chi connectivity index (χ2v) is 5.98. The van der Waals surface area contributed by atoms with E-state index in [1.54, 1.807) is 0 Å². The maximum atomic E-state index is 11.8. The van der Waals surface area contributed by atoms with Crippen LogP contribution in [0.4, 0.5) is 11.4 Å². The maximum absolute atomic E-state index is 11.8. The van der Waals surface area contributed by atoms with E-state index < -0.39 is 0 Å². The molecule has 0 saturated carbocycles. The van der Waals surface area contributed by atoms with Crippen molar-refractivity contribution in [3.63, 3.8) is 0 Å². The molecule has 2 saturated heterocycles. The summed E-state index contributed by atoms with van der Waals surface area (Å²) in [5.74, 6) is 0.452. The van der Waals surface area contributed by atoms with Crippen LogP contribution >= 0.6 is 0 Å². The zero-order valence-electron chi connectivity index (χ0n) is 11.8. The number of nitrogens with zero attached hydrogens (tertiary/aromatic N) is 2. The molecule has 0 aliphatic carbocycles. The summed E-state index contributed by atoms with van der Waals surface area (Å²) in [6.45, 7) is 0. The predicted octanol–water partition coefficient (Wildman–Crippen LogP) is 2.84. The molecule has 3 heteroatoms. The molecule has 3 rings (SSSR count). The normalized spacial score (nSPS) is 26.4. The molecule has 2 fully saturated rings. The van der Waals surface area contributed by atoms with Crippen molar-refractivity contribution in [2.45, 2.75) is 44.2 Å². The molecule has 1 aromatic carbocycles. The van der Waals surface area contributed by atoms with Gasteiger partial charge in [0.1, 0.15) is 5.78 Å². The van der Waals surface area contributed by atoms with Gasteiger partial charge in [-0.25, -0.2) is 0 Å². The molecular weight excluding hydrogens is 236 g/mol. The number of carbonyl (C=O) groups excluding carboxylic acids is 1. The largest absolute Gasteiger partial charge is 0.376 e. The van der Waals surface area contributed by atoms with E-state index in [-0.39, 0.29) is 0 Å². The van der Waals surface area contributed by atoms with E-state index in [0.717, 1.165) is 25.7 Å². The fraction of sp³-hybridized carbons (Fsp3) is 0.562. The first-order valence-electron chi connectivity index (χ1n) is 7.23. The lowest BCUT2D eigenvalue weighted by atomic mass is 9.83. The van der Waals surface area contributed by atoms with Crippen LogP contribution in [0.5, 0.6) is 0 Å². The highest BCUT2D eigenvalue weighted by Gasteiger charge is 2.38. The van der Waals surface area contributed by atoms with E-state index in [1.807, 2.05) is 0 Å². The minimum Gasteiger partial charge on any atom is -0.376 e. The second-order valence-electron chi connectivity index (χ2n) is 5.98. The molecule has 2 atom stereocenters. The average molecular weight is 258 g/mol. The molecule has 19 heavy (non-hydrogen) atoms. The molecule has 102 valence electrons. The predicted molar refractivity (Wildman–Crippen MR) is 78.9 cm³/mol. The molecule has 2 bridgehead atoms. The summed E-state index contributed by atoms with van der Waals surface area (Å²) in [6, 6.07) is 9.40. The van der Waals surface area contributed by atoms with Crippen LogP contribution < -0.4 is 9.80 Å². The number of hydrogen-bond acceptors (Lipinski definition) is 3. The monoisotopic (exact) mass is 258 g/mol. The van der Waals surface area contributed by atoms with Crippen molar-refractivity contribution in [3.05, 3.63) is 24.3 Å². The lowest BCUT2D eigenvalue weighted by Gasteiger charge is -2.48. The Kier molecular flexibility index (Phi) is 3.21. The lowest BCUT2D eigenvalue weighted by molar-refractivity contribution is -0.121. The van der Waals surface area contributed by atoms with Crippen molar-refractivity contribution < 1.29 is 4.79 Å². The van der Waals surface area contributed by atoms with Gasteiger partial charge in [0, 0.05) is 39.0 Å². The molecule has 0 spiro atoms. The van der Waals surface area contributed by atoms with Gasteiger partial charge in [0.2, 0.25) is 0 Å². The number of hydrogen-bond donors (Lipinski definition) is 0. The Labute approximate surface area is 115 Å². The molecule has 0 amide bonds. The Bertz CT molecular complexity index is 467. The van der Waals surface area contributed by atoms with Crippen molar-refractivity contribution in [1.82, 2.24) is 0 Å². The molecule has 3 nitrogen and oxygen atoms in total. The van der Waals surface area contributed by atoms with Gasteiger partial charge in [0.25, 0.3) is 0 Å². The van der Waals surface area contributed by atoms with E-state index in [2.05, 4.69) is 48.2 Å². The van der Waals surface area contributed by atoms with Crippen LogP contribution in [0.3, 0.4) is 0 Å². The van der Waals surface area contributed by atoms with Crippen LogP contribution in [-0.4, -0.2) is 32.0 Å². The summed E-state index contributed by atoms with van der Waals surface area (Å²) in [4.78, 5) is 16.5. The maximum Gasteiger partial charge on any atom is 0.137 e. The highest BCUT2D eigenvalue weighted by Crippen LogP contribution is 2.40. The number of carbonyl (C=O) groups is 1. The summed E-state index contributed by atoms with van der Waals surface area (Å²) in [6.07, 6.45) is 5.05. The van der Waals surface area contributed by atoms with Gasteiger partial charge in [-0.3, -0.25) is 4.79 Å². The molecule has 2 aliphatic rings. The fourth-order valence-corrected chi connectivity index (χ4v) is 3.63. The topological polar surface area (TPSA) is 23.6 Å². The number of rotatable bonds is 2. The zero-order chi connectivity index (χ0) is 13.4. The van der Waals surface area contributed by atoms with Crippen molar-refractivity contribution in [2.75, 3.05) is 23.9 Å². The first-order valence-corrected chi connectivity index (χ1v) is 7.23. The number of Topliss-reactive ketones (excluding diaryl/α,β-unsaturated/α-hetero) is 1. The SMILES string of the molecule is CN(C)c1ccccc1N1C2CCCC1CC(=O)C2. The Hall–Kier alpha value is -1.51. The Morgan fingerprint density at radius 2 is 1.74 bits per heavy atom. The van der Waals surface area contributed by atoms with Crippen molar-refractivity contribution in [2.24, 2.45) is 0 Å². The number of fused-ring (bicyclic) bond motifs is 2. The van der Waals surface area contributed by atoms with Crippen molar-refractivity contribution in [1.29, 1.82) is 0 Å². The van der Waals surface area contributed by atoms with E-state index in [1.165, 1.54) is 17.8 Å². The lowest BCUT2D eigenvalue weighted by Crippen LogP contribution is -2.52. The smallest absolute Gasteiger partial charge is 0.137 e. The highest BCUT2D eigenvalue weighted by molar-refractivity contribution is 5.84. The van der Waals surface area contributed by atoms with E-state index in [9.17, 15) is 4.79 Å². The molecule has 0 radical (unpaired) electrons. The van der Waals surface area contributed by atoms with Crippen molar-refractivity contribution >= 4 is 17.2 Å². The molecule has 2 aliphatic heterocycles. The van der Waals surface area contributed by atoms with Gasteiger partial charge in [-0.1, -0.05) is 12.1 Å². The first-order chi connectivity index (χ1) is 9.16. The summed E-state index contributed by atoms with van der Waals surface area (Å²) in [7, 11) is 4.17. The standard InChI is InChI=1S/C16H22N2O/c1-17(2)15-8-3-4-9-16(15)18-12-6-5-7-13(18)11-14(19)10-12/h3-4,8-9,12-13H,5-7,10-11H2,1-2H3. The van der Waals surface area contributed by atoms with Gasteiger partial charge >= 0.3 is 0 Å². The summed E-state index contributed by atoms with van der Waals surface area (Å²) >= 11 is 0. The third-order valence-electron chi connectivity index (χ3n) is 4.43. The molecule has 2 unspecified atom stereocenters. The molecule has 0 aromatic heterocycles. The number of ketones is 1. The van der Waals surface area contributed by atoms with Crippen LogP contribution in [0.15, 0.2) is 24.3 Å². The highest BCUT2D eigenvalue weighted by atomic mass is 16.1. The molecule has 2 heterocycles.